The van der Waals surface area contributed by atoms with E-state index in [0.717, 1.165) is 5.69 Å². The molecule has 0 saturated carbocycles. The topological polar surface area (TPSA) is 47.6 Å². The predicted octanol–water partition coefficient (Wildman–Crippen LogP) is 4.86. The first-order valence-corrected chi connectivity index (χ1v) is 8.36. The van der Waals surface area contributed by atoms with Crippen molar-refractivity contribution in [1.82, 2.24) is 0 Å². The first-order valence-electron chi connectivity index (χ1n) is 8.36. The van der Waals surface area contributed by atoms with Gasteiger partial charge in [-0.1, -0.05) is 26.0 Å². The highest BCUT2D eigenvalue weighted by molar-refractivity contribution is 6.04. The number of anilines is 1. The van der Waals surface area contributed by atoms with E-state index in [1.54, 1.807) is 18.2 Å². The fourth-order valence-corrected chi connectivity index (χ4v) is 2.35. The molecule has 0 unspecified atom stereocenters. The van der Waals surface area contributed by atoms with Crippen molar-refractivity contribution in [2.75, 3.05) is 18.5 Å². The molecule has 0 aliphatic rings. The standard InChI is InChI=1S/C20H25NO3/c1-5-23-18-12-9-16(13-19(18)24-6-2)20(22)21-17-10-7-15(8-11-17)14(3)4/h7-14H,5-6H2,1-4H3,(H,21,22). The number of carbonyl (C=O) groups is 1. The Kier molecular flexibility index (Phi) is 6.24. The van der Waals surface area contributed by atoms with Gasteiger partial charge in [-0.05, 0) is 55.7 Å². The minimum atomic E-state index is -0.170. The van der Waals surface area contributed by atoms with E-state index < -0.39 is 0 Å². The molecule has 0 heterocycles. The smallest absolute Gasteiger partial charge is 0.255 e. The lowest BCUT2D eigenvalue weighted by molar-refractivity contribution is 0.102. The highest BCUT2D eigenvalue weighted by Gasteiger charge is 2.12. The van der Waals surface area contributed by atoms with Crippen LogP contribution in [-0.2, 0) is 0 Å². The maximum Gasteiger partial charge on any atom is 0.255 e. The van der Waals surface area contributed by atoms with E-state index in [2.05, 4.69) is 19.2 Å². The van der Waals surface area contributed by atoms with Crippen LogP contribution in [0.3, 0.4) is 0 Å². The van der Waals surface area contributed by atoms with Crippen LogP contribution in [0.4, 0.5) is 5.69 Å². The first-order chi connectivity index (χ1) is 11.5. The highest BCUT2D eigenvalue weighted by atomic mass is 16.5. The second-order valence-electron chi connectivity index (χ2n) is 5.76. The minimum Gasteiger partial charge on any atom is -0.490 e. The van der Waals surface area contributed by atoms with Crippen molar-refractivity contribution in [3.8, 4) is 11.5 Å². The summed E-state index contributed by atoms with van der Waals surface area (Å²) in [5.41, 5.74) is 2.55. The Bertz CT molecular complexity index is 678. The molecule has 0 atom stereocenters. The van der Waals surface area contributed by atoms with E-state index in [1.165, 1.54) is 5.56 Å². The summed E-state index contributed by atoms with van der Waals surface area (Å²) in [4.78, 5) is 12.5. The summed E-state index contributed by atoms with van der Waals surface area (Å²) in [6.07, 6.45) is 0. The maximum atomic E-state index is 12.5. The Hall–Kier alpha value is -2.49. The van der Waals surface area contributed by atoms with Crippen LogP contribution in [0.15, 0.2) is 42.5 Å². The number of nitrogens with one attached hydrogen (secondary N) is 1. The third-order valence-corrected chi connectivity index (χ3v) is 3.64. The molecule has 0 radical (unpaired) electrons. The predicted molar refractivity (Wildman–Crippen MR) is 97.3 cm³/mol. The van der Waals surface area contributed by atoms with E-state index in [9.17, 15) is 4.79 Å². The van der Waals surface area contributed by atoms with Crippen LogP contribution in [0.2, 0.25) is 0 Å². The molecular weight excluding hydrogens is 302 g/mol. The summed E-state index contributed by atoms with van der Waals surface area (Å²) in [5.74, 6) is 1.53. The zero-order valence-electron chi connectivity index (χ0n) is 14.8. The quantitative estimate of drug-likeness (QED) is 0.790. The fourth-order valence-electron chi connectivity index (χ4n) is 2.35. The molecule has 0 bridgehead atoms. The molecule has 1 amide bonds. The number of ether oxygens (including phenoxy) is 2. The van der Waals surface area contributed by atoms with Gasteiger partial charge in [-0.3, -0.25) is 4.79 Å². The Morgan fingerprint density at radius 3 is 2.17 bits per heavy atom. The first kappa shape index (κ1) is 17.9. The lowest BCUT2D eigenvalue weighted by Gasteiger charge is -2.13. The average Bonchev–Trinajstić information content (AvgIpc) is 2.57. The lowest BCUT2D eigenvalue weighted by Crippen LogP contribution is -2.12. The Balaban J connectivity index is 2.15. The normalized spacial score (nSPS) is 10.5. The highest BCUT2D eigenvalue weighted by Crippen LogP contribution is 2.29. The third kappa shape index (κ3) is 4.51. The summed E-state index contributed by atoms with van der Waals surface area (Å²) in [7, 11) is 0. The van der Waals surface area contributed by atoms with Crippen molar-refractivity contribution < 1.29 is 14.3 Å². The van der Waals surface area contributed by atoms with Crippen molar-refractivity contribution in [3.05, 3.63) is 53.6 Å². The summed E-state index contributed by atoms with van der Waals surface area (Å²) in [6, 6.07) is 13.1. The molecule has 0 spiro atoms. The SMILES string of the molecule is CCOc1ccc(C(=O)Nc2ccc(C(C)C)cc2)cc1OCC. The van der Waals surface area contributed by atoms with Crippen molar-refractivity contribution in [2.24, 2.45) is 0 Å². The molecule has 0 aromatic heterocycles. The van der Waals surface area contributed by atoms with Gasteiger partial charge in [-0.25, -0.2) is 0 Å². The van der Waals surface area contributed by atoms with Gasteiger partial charge in [-0.15, -0.1) is 0 Å². The monoisotopic (exact) mass is 327 g/mol. The minimum absolute atomic E-state index is 0.170. The maximum absolute atomic E-state index is 12.5. The summed E-state index contributed by atoms with van der Waals surface area (Å²) < 4.78 is 11.1. The molecule has 2 aromatic rings. The van der Waals surface area contributed by atoms with Crippen LogP contribution >= 0.6 is 0 Å². The van der Waals surface area contributed by atoms with Crippen molar-refractivity contribution >= 4 is 11.6 Å². The van der Waals surface area contributed by atoms with Crippen LogP contribution in [0.5, 0.6) is 11.5 Å². The molecule has 0 fully saturated rings. The second kappa shape index (κ2) is 8.39. The van der Waals surface area contributed by atoms with Crippen molar-refractivity contribution in [1.29, 1.82) is 0 Å². The molecule has 4 heteroatoms. The molecule has 1 N–H and O–H groups in total. The number of benzene rings is 2. The van der Waals surface area contributed by atoms with E-state index in [4.69, 9.17) is 9.47 Å². The van der Waals surface area contributed by atoms with Gasteiger partial charge >= 0.3 is 0 Å². The van der Waals surface area contributed by atoms with Gasteiger partial charge < -0.3 is 14.8 Å². The molecule has 128 valence electrons. The summed E-state index contributed by atoms with van der Waals surface area (Å²) >= 11 is 0. The fraction of sp³-hybridized carbons (Fsp3) is 0.350. The van der Waals surface area contributed by atoms with Gasteiger partial charge in [0.05, 0.1) is 13.2 Å². The zero-order valence-corrected chi connectivity index (χ0v) is 14.8. The van der Waals surface area contributed by atoms with Crippen LogP contribution in [0.25, 0.3) is 0 Å². The van der Waals surface area contributed by atoms with E-state index >= 15 is 0 Å². The van der Waals surface area contributed by atoms with Crippen LogP contribution in [0.1, 0.15) is 49.5 Å². The third-order valence-electron chi connectivity index (χ3n) is 3.64. The molecule has 0 saturated heterocycles. The molecule has 2 aromatic carbocycles. The summed E-state index contributed by atoms with van der Waals surface area (Å²) in [6.45, 7) is 9.16. The van der Waals surface area contributed by atoms with Crippen LogP contribution in [-0.4, -0.2) is 19.1 Å². The number of amides is 1. The van der Waals surface area contributed by atoms with Gasteiger partial charge in [0.15, 0.2) is 11.5 Å². The van der Waals surface area contributed by atoms with Gasteiger partial charge in [0.25, 0.3) is 5.91 Å². The van der Waals surface area contributed by atoms with Gasteiger partial charge in [0.1, 0.15) is 0 Å². The molecule has 24 heavy (non-hydrogen) atoms. The number of rotatable bonds is 7. The average molecular weight is 327 g/mol. The van der Waals surface area contributed by atoms with Gasteiger partial charge in [0.2, 0.25) is 0 Å². The van der Waals surface area contributed by atoms with E-state index in [-0.39, 0.29) is 5.91 Å². The molecular formula is C20H25NO3. The molecule has 4 nitrogen and oxygen atoms in total. The van der Waals surface area contributed by atoms with E-state index in [0.29, 0.717) is 36.2 Å². The molecule has 2 rings (SSSR count). The number of hydrogen-bond donors (Lipinski definition) is 1. The number of carbonyl (C=O) groups excluding carboxylic acids is 1. The molecule has 0 aliphatic carbocycles. The van der Waals surface area contributed by atoms with Crippen LogP contribution < -0.4 is 14.8 Å². The van der Waals surface area contributed by atoms with Crippen LogP contribution in [0, 0.1) is 0 Å². The van der Waals surface area contributed by atoms with Gasteiger partial charge in [-0.2, -0.15) is 0 Å². The largest absolute Gasteiger partial charge is 0.490 e. The number of hydrogen-bond acceptors (Lipinski definition) is 3. The Morgan fingerprint density at radius 1 is 0.958 bits per heavy atom. The second-order valence-corrected chi connectivity index (χ2v) is 5.76. The van der Waals surface area contributed by atoms with Gasteiger partial charge in [0, 0.05) is 11.3 Å². The molecule has 0 aliphatic heterocycles. The van der Waals surface area contributed by atoms with Crippen molar-refractivity contribution in [2.45, 2.75) is 33.6 Å². The van der Waals surface area contributed by atoms with E-state index in [1.807, 2.05) is 38.1 Å². The zero-order chi connectivity index (χ0) is 17.5. The lowest BCUT2D eigenvalue weighted by atomic mass is 10.0. The summed E-state index contributed by atoms with van der Waals surface area (Å²) in [5, 5.41) is 2.91. The Morgan fingerprint density at radius 2 is 1.58 bits per heavy atom. The van der Waals surface area contributed by atoms with Crippen molar-refractivity contribution in [3.63, 3.8) is 0 Å². The Labute approximate surface area is 143 Å².